The maximum absolute atomic E-state index is 11.3. The number of carbonyl (C=O) groups excluding carboxylic acids is 3. The molecule has 0 aromatic heterocycles. The van der Waals surface area contributed by atoms with Gasteiger partial charge in [-0.1, -0.05) is 6.92 Å². The van der Waals surface area contributed by atoms with Crippen molar-refractivity contribution in [1.29, 1.82) is 0 Å². The Morgan fingerprint density at radius 3 is 2.15 bits per heavy atom. The average molecular weight is 429 g/mol. The molecule has 8 nitrogen and oxygen atoms in total. The van der Waals surface area contributed by atoms with Crippen molar-refractivity contribution in [3.05, 3.63) is 0 Å². The fraction of sp³-hybridized carbons (Fsp3) is 0.824. The maximum Gasteiger partial charge on any atom is 0.231 e. The third-order valence-electron chi connectivity index (χ3n) is 3.73. The molecule has 0 aliphatic carbocycles. The zero-order valence-corrected chi connectivity index (χ0v) is 19.4. The summed E-state index contributed by atoms with van der Waals surface area (Å²) >= 11 is 1.47. The van der Waals surface area contributed by atoms with Gasteiger partial charge in [-0.05, 0) is 13.6 Å². The summed E-state index contributed by atoms with van der Waals surface area (Å²) in [6.45, 7) is 8.49. The molecule has 0 saturated carbocycles. The van der Waals surface area contributed by atoms with E-state index in [1.165, 1.54) is 18.6 Å². The minimum atomic E-state index is -0.315. The summed E-state index contributed by atoms with van der Waals surface area (Å²) in [6.07, 6.45) is 1.41. The summed E-state index contributed by atoms with van der Waals surface area (Å²) in [5.41, 5.74) is 5.08. The maximum atomic E-state index is 11.3. The predicted molar refractivity (Wildman–Crippen MR) is 104 cm³/mol. The number of nitrogens with two attached hydrogens (primary N) is 1. The molecular formula is C17H35GaN4O4. The second-order valence-electron chi connectivity index (χ2n) is 6.11. The monoisotopic (exact) mass is 428 g/mol. The summed E-state index contributed by atoms with van der Waals surface area (Å²) in [4.78, 5) is 37.9. The van der Waals surface area contributed by atoms with E-state index in [0.717, 1.165) is 32.5 Å². The topological polar surface area (TPSA) is 96.2 Å². The number of hydrogen-bond acceptors (Lipinski definition) is 7. The molecule has 0 aliphatic heterocycles. The molecule has 0 unspecified atom stereocenters. The largest absolute Gasteiger partial charge is 0.369 e. The van der Waals surface area contributed by atoms with Crippen LogP contribution in [-0.2, 0) is 19.1 Å². The van der Waals surface area contributed by atoms with Crippen LogP contribution in [-0.4, -0.2) is 123 Å². The van der Waals surface area contributed by atoms with E-state index in [0.29, 0.717) is 19.5 Å². The molecular weight excluding hydrogens is 394 g/mol. The average Bonchev–Trinajstić information content (AvgIpc) is 2.58. The third-order valence-corrected chi connectivity index (χ3v) is 4.79. The van der Waals surface area contributed by atoms with E-state index < -0.39 is 0 Å². The predicted octanol–water partition coefficient (Wildman–Crippen LogP) is -1.04. The zero-order chi connectivity index (χ0) is 20.5. The van der Waals surface area contributed by atoms with Crippen LogP contribution in [0.3, 0.4) is 0 Å². The number of carbonyl (C=O) groups is 3. The molecule has 0 aromatic carbocycles. The smallest absolute Gasteiger partial charge is 0.231 e. The Morgan fingerprint density at radius 1 is 1.12 bits per heavy atom. The molecule has 1 amide bonds. The number of rotatable bonds is 14. The van der Waals surface area contributed by atoms with Crippen LogP contribution in [0.4, 0.5) is 0 Å². The Kier molecular flexibility index (Phi) is 18.7. The molecule has 2 radical (unpaired) electrons. The summed E-state index contributed by atoms with van der Waals surface area (Å²) in [6, 6.07) is 0. The first-order valence-electron chi connectivity index (χ1n) is 8.81. The van der Waals surface area contributed by atoms with E-state index in [1.54, 1.807) is 7.11 Å². The zero-order valence-electron chi connectivity index (χ0n) is 16.9. The number of amides is 1. The van der Waals surface area contributed by atoms with E-state index in [2.05, 4.69) is 0 Å². The van der Waals surface area contributed by atoms with Crippen LogP contribution in [0.15, 0.2) is 0 Å². The van der Waals surface area contributed by atoms with Crippen molar-refractivity contribution in [3.63, 3.8) is 0 Å². The Hall–Kier alpha value is -0.714. The molecule has 0 aliphatic rings. The van der Waals surface area contributed by atoms with Gasteiger partial charge in [0.25, 0.3) is 0 Å². The van der Waals surface area contributed by atoms with Crippen molar-refractivity contribution in [2.75, 3.05) is 67.0 Å². The van der Waals surface area contributed by atoms with Crippen LogP contribution < -0.4 is 5.73 Å². The van der Waals surface area contributed by atoms with Gasteiger partial charge in [-0.3, -0.25) is 14.6 Å². The quantitative estimate of drug-likeness (QED) is 0.279. The van der Waals surface area contributed by atoms with E-state index in [4.69, 9.17) is 10.5 Å². The van der Waals surface area contributed by atoms with Crippen LogP contribution in [0, 0.1) is 0 Å². The summed E-state index contributed by atoms with van der Waals surface area (Å²) < 4.78 is 5.13. The standard InChI is InChI=1S/C9H19N3O2.C8H16NO2.Ga/c1-3-12(8-9(10)14)5-4-11(2)6-7-13;1-4-9(2)7-8(10)5-6-11-3;/h7H,3-6,8H2,1-2H3,(H2,10,14);6H,4-5,7H2,1-3H3;. The van der Waals surface area contributed by atoms with Crippen LogP contribution in [0.5, 0.6) is 0 Å². The van der Waals surface area contributed by atoms with E-state index in [-0.39, 0.29) is 22.9 Å². The second kappa shape index (κ2) is 17.7. The Balaban J connectivity index is 0. The van der Waals surface area contributed by atoms with Crippen molar-refractivity contribution in [2.45, 2.75) is 24.9 Å². The number of likely N-dealkylation sites (N-methyl/N-ethyl adjacent to an activating group) is 3. The Morgan fingerprint density at radius 2 is 1.73 bits per heavy atom. The number of ketones is 1. The number of hydrogen-bond donors (Lipinski definition) is 1. The Labute approximate surface area is 168 Å². The number of methoxy groups -OCH3 is 1. The molecule has 2 N–H and O–H groups in total. The molecule has 0 spiro atoms. The SMILES string of the molecule is CCN(C)CC(=O)C[C@H]([Ga])OC.CCN(CCN(C)CC=O)CC(N)=O. The van der Waals surface area contributed by atoms with Gasteiger partial charge in [0.1, 0.15) is 6.29 Å². The summed E-state index contributed by atoms with van der Waals surface area (Å²) in [5, 5.41) is 0. The molecule has 0 fully saturated rings. The first-order chi connectivity index (χ1) is 12.2. The van der Waals surface area contributed by atoms with Gasteiger partial charge in [0.15, 0.2) is 0 Å². The van der Waals surface area contributed by atoms with Crippen LogP contribution in [0.25, 0.3) is 0 Å². The molecule has 9 heteroatoms. The van der Waals surface area contributed by atoms with Crippen molar-refractivity contribution < 1.29 is 19.1 Å². The summed E-state index contributed by atoms with van der Waals surface area (Å²) in [7, 11) is 5.45. The van der Waals surface area contributed by atoms with Crippen LogP contribution >= 0.6 is 0 Å². The Bertz CT molecular complexity index is 385. The first kappa shape index (κ1) is 27.5. The minimum Gasteiger partial charge on any atom is -0.369 e. The third kappa shape index (κ3) is 18.1. The number of ether oxygens (including phenoxy) is 1. The molecule has 1 atom stereocenters. The van der Waals surface area contributed by atoms with Crippen LogP contribution in [0.2, 0.25) is 0 Å². The number of nitrogens with zero attached hydrogens (tertiary/aromatic N) is 3. The van der Waals surface area contributed by atoms with Crippen molar-refractivity contribution in [2.24, 2.45) is 5.73 Å². The van der Waals surface area contributed by atoms with E-state index in [9.17, 15) is 14.4 Å². The van der Waals surface area contributed by atoms with Gasteiger partial charge in [0.2, 0.25) is 5.91 Å². The molecule has 26 heavy (non-hydrogen) atoms. The van der Waals surface area contributed by atoms with Gasteiger partial charge in [-0.2, -0.15) is 0 Å². The van der Waals surface area contributed by atoms with Gasteiger partial charge in [-0.15, -0.1) is 0 Å². The van der Waals surface area contributed by atoms with Crippen molar-refractivity contribution >= 4 is 36.6 Å². The van der Waals surface area contributed by atoms with Gasteiger partial charge < -0.3 is 10.5 Å². The minimum absolute atomic E-state index is 0.107. The normalized spacial score (nSPS) is 12.0. The van der Waals surface area contributed by atoms with Crippen molar-refractivity contribution in [1.82, 2.24) is 14.7 Å². The van der Waals surface area contributed by atoms with Gasteiger partial charge in [-0.25, -0.2) is 0 Å². The first-order valence-corrected chi connectivity index (χ1v) is 10.2. The fourth-order valence-electron chi connectivity index (χ4n) is 1.89. The van der Waals surface area contributed by atoms with Gasteiger partial charge in [0.05, 0.1) is 13.1 Å². The molecule has 0 bridgehead atoms. The number of aldehydes is 1. The summed E-state index contributed by atoms with van der Waals surface area (Å²) in [5.74, 6) is -0.0551. The van der Waals surface area contributed by atoms with Crippen LogP contribution in [0.1, 0.15) is 20.3 Å². The fourth-order valence-corrected chi connectivity index (χ4v) is 2.44. The molecule has 0 heterocycles. The number of primary amides is 1. The van der Waals surface area contributed by atoms with Gasteiger partial charge >= 0.3 is 84.1 Å². The molecule has 0 saturated heterocycles. The second-order valence-corrected chi connectivity index (χ2v) is 7.67. The molecule has 0 aromatic rings. The van der Waals surface area contributed by atoms with E-state index >= 15 is 0 Å². The van der Waals surface area contributed by atoms with Crippen molar-refractivity contribution in [3.8, 4) is 0 Å². The number of Topliss-reactive ketones (excluding diaryl/α,β-unsaturated/α-hetero) is 1. The molecule has 150 valence electrons. The molecule has 0 rings (SSSR count). The van der Waals surface area contributed by atoms with E-state index in [1.807, 2.05) is 42.6 Å². The van der Waals surface area contributed by atoms with Gasteiger partial charge in [0, 0.05) is 13.1 Å².